The smallest absolute Gasteiger partial charge is 0.229 e. The van der Waals surface area contributed by atoms with Crippen LogP contribution in [0.25, 0.3) is 16.7 Å². The van der Waals surface area contributed by atoms with Crippen molar-refractivity contribution in [2.24, 2.45) is 0 Å². The van der Waals surface area contributed by atoms with Crippen molar-refractivity contribution in [1.82, 2.24) is 29.4 Å². The summed E-state index contributed by atoms with van der Waals surface area (Å²) in [7, 11) is 0. The van der Waals surface area contributed by atoms with E-state index in [1.165, 1.54) is 0 Å². The van der Waals surface area contributed by atoms with Crippen molar-refractivity contribution in [3.05, 3.63) is 59.7 Å². The average molecular weight is 465 g/mol. The molecule has 4 heterocycles. The Kier molecular flexibility index (Phi) is 6.05. The molecule has 5 rings (SSSR count). The molecule has 1 aliphatic heterocycles. The van der Waals surface area contributed by atoms with Gasteiger partial charge in [0.05, 0.1) is 38.0 Å². The second-order valence-corrected chi connectivity index (χ2v) is 8.14. The third kappa shape index (κ3) is 4.40. The summed E-state index contributed by atoms with van der Waals surface area (Å²) in [6.07, 6.45) is 5.46. The first-order chi connectivity index (χ1) is 16.5. The van der Waals surface area contributed by atoms with Crippen LogP contribution in [0.15, 0.2) is 42.9 Å². The number of carbonyl (C=O) groups is 1. The molecule has 3 aromatic heterocycles. The van der Waals surface area contributed by atoms with Gasteiger partial charge in [-0.1, -0.05) is 0 Å². The number of nitrogens with one attached hydrogen (secondary N) is 1. The number of carbonyl (C=O) groups excluding carboxylic acids is 1. The van der Waals surface area contributed by atoms with Crippen LogP contribution in [-0.2, 0) is 17.9 Å². The predicted molar refractivity (Wildman–Crippen MR) is 123 cm³/mol. The fourth-order valence-electron chi connectivity index (χ4n) is 4.04. The molecular weight excluding hydrogens is 441 g/mol. The Bertz CT molecular complexity index is 1340. The van der Waals surface area contributed by atoms with Crippen LogP contribution in [0.2, 0.25) is 0 Å². The van der Waals surface area contributed by atoms with Gasteiger partial charge in [0.15, 0.2) is 12.1 Å². The van der Waals surface area contributed by atoms with Crippen molar-refractivity contribution in [2.45, 2.75) is 26.1 Å². The van der Waals surface area contributed by atoms with E-state index in [-0.39, 0.29) is 6.54 Å². The van der Waals surface area contributed by atoms with Crippen LogP contribution in [0.4, 0.5) is 16.0 Å². The second-order valence-electron chi connectivity index (χ2n) is 8.14. The molecule has 1 aliphatic rings. The molecule has 10 nitrogen and oxygen atoms in total. The molecule has 1 saturated heterocycles. The van der Waals surface area contributed by atoms with Crippen molar-refractivity contribution in [2.75, 3.05) is 25.1 Å². The van der Waals surface area contributed by atoms with Crippen LogP contribution in [0.1, 0.15) is 21.6 Å². The molecule has 34 heavy (non-hydrogen) atoms. The third-order valence-electron chi connectivity index (χ3n) is 5.71. The van der Waals surface area contributed by atoms with E-state index in [1.807, 2.05) is 31.3 Å². The van der Waals surface area contributed by atoms with Crippen LogP contribution in [0.5, 0.6) is 0 Å². The summed E-state index contributed by atoms with van der Waals surface area (Å²) in [6.45, 7) is 2.87. The summed E-state index contributed by atoms with van der Waals surface area (Å²) in [5, 5.41) is 19.8. The Morgan fingerprint density at radius 1 is 1.32 bits per heavy atom. The van der Waals surface area contributed by atoms with Crippen LogP contribution >= 0.6 is 0 Å². The van der Waals surface area contributed by atoms with E-state index < -0.39 is 12.8 Å². The lowest BCUT2D eigenvalue weighted by atomic mass is 10.1. The van der Waals surface area contributed by atoms with Crippen molar-refractivity contribution >= 4 is 28.8 Å². The zero-order valence-corrected chi connectivity index (χ0v) is 18.6. The molecule has 1 atom stereocenters. The molecule has 1 aromatic carbocycles. The highest BCUT2D eigenvalue weighted by Crippen LogP contribution is 2.26. The highest BCUT2D eigenvalue weighted by atomic mass is 19.1. The lowest BCUT2D eigenvalue weighted by Gasteiger charge is -2.12. The molecule has 1 unspecified atom stereocenters. The first-order valence-corrected chi connectivity index (χ1v) is 10.9. The monoisotopic (exact) mass is 465 g/mol. The number of aliphatic hydroxyl groups excluding tert-OH is 1. The number of nitrogens with zero attached hydrogens (tertiary/aromatic N) is 6. The molecule has 176 valence electrons. The molecule has 4 aromatic rings. The number of alkyl halides is 1. The minimum atomic E-state index is -0.510. The van der Waals surface area contributed by atoms with Gasteiger partial charge in [0.1, 0.15) is 6.67 Å². The van der Waals surface area contributed by atoms with E-state index in [0.717, 1.165) is 28.4 Å². The van der Waals surface area contributed by atoms with Crippen LogP contribution < -0.4 is 5.32 Å². The zero-order valence-electron chi connectivity index (χ0n) is 18.6. The number of hydrogen-bond acceptors (Lipinski definition) is 8. The summed E-state index contributed by atoms with van der Waals surface area (Å²) in [5.41, 5.74) is 3.78. The van der Waals surface area contributed by atoms with E-state index in [4.69, 9.17) is 4.84 Å². The fraction of sp³-hybridized carbons (Fsp3) is 0.304. The quantitative estimate of drug-likeness (QED) is 0.382. The van der Waals surface area contributed by atoms with E-state index >= 15 is 0 Å². The SMILES string of the molecule is Cc1nn(-c2ccnc(Nc3ccc4c(c3)c(C=O)cn4CCF)n2)cc1CN1CC(O)CO1. The number of aliphatic hydroxyl groups is 1. The molecular formula is C23H24FN7O3. The van der Waals surface area contributed by atoms with Gasteiger partial charge >= 0.3 is 0 Å². The number of β-amino-alcohol motifs (C(OH)–C–C–N with tert-alkyl or cyclic N) is 1. The fourth-order valence-corrected chi connectivity index (χ4v) is 4.04. The van der Waals surface area contributed by atoms with Gasteiger partial charge in [-0.3, -0.25) is 9.63 Å². The minimum Gasteiger partial charge on any atom is -0.389 e. The standard InChI is InChI=1S/C23H24FN7O3/c1-15-16(10-30-12-19(33)14-34-30)11-31(28-15)22-4-6-25-23(27-22)26-18-2-3-21-20(8-18)17(13-32)9-29(21)7-5-24/h2-4,6,8-9,11,13,19,33H,5,7,10,12,14H2,1H3,(H,25,26,27). The third-order valence-corrected chi connectivity index (χ3v) is 5.71. The van der Waals surface area contributed by atoms with Gasteiger partial charge in [0.25, 0.3) is 0 Å². The number of aromatic nitrogens is 5. The van der Waals surface area contributed by atoms with E-state index in [0.29, 0.717) is 42.7 Å². The maximum Gasteiger partial charge on any atom is 0.229 e. The lowest BCUT2D eigenvalue weighted by molar-refractivity contribution is -0.118. The molecule has 2 N–H and O–H groups in total. The number of anilines is 2. The molecule has 11 heteroatoms. The van der Waals surface area contributed by atoms with Crippen molar-refractivity contribution in [3.63, 3.8) is 0 Å². The van der Waals surface area contributed by atoms with Gasteiger partial charge in [0, 0.05) is 52.4 Å². The van der Waals surface area contributed by atoms with Crippen molar-refractivity contribution in [3.8, 4) is 5.82 Å². The highest BCUT2D eigenvalue weighted by Gasteiger charge is 2.23. The lowest BCUT2D eigenvalue weighted by Crippen LogP contribution is -2.20. The number of aryl methyl sites for hydroxylation is 2. The molecule has 0 aliphatic carbocycles. The number of hydrogen-bond donors (Lipinski definition) is 2. The first-order valence-electron chi connectivity index (χ1n) is 10.9. The summed E-state index contributed by atoms with van der Waals surface area (Å²) < 4.78 is 16.2. The molecule has 0 radical (unpaired) electrons. The van der Waals surface area contributed by atoms with Crippen LogP contribution in [-0.4, -0.2) is 66.7 Å². The normalized spacial score (nSPS) is 16.4. The summed E-state index contributed by atoms with van der Waals surface area (Å²) in [4.78, 5) is 25.8. The van der Waals surface area contributed by atoms with Gasteiger partial charge in [-0.25, -0.2) is 14.1 Å². The van der Waals surface area contributed by atoms with Gasteiger partial charge < -0.3 is 15.0 Å². The zero-order chi connectivity index (χ0) is 23.7. The number of rotatable bonds is 8. The first kappa shape index (κ1) is 22.1. The van der Waals surface area contributed by atoms with Crippen LogP contribution in [0.3, 0.4) is 0 Å². The molecule has 0 amide bonds. The second kappa shape index (κ2) is 9.29. The van der Waals surface area contributed by atoms with Gasteiger partial charge in [-0.05, 0) is 25.1 Å². The Hall–Kier alpha value is -3.67. The van der Waals surface area contributed by atoms with E-state index in [1.54, 1.807) is 32.8 Å². The maximum absolute atomic E-state index is 12.8. The van der Waals surface area contributed by atoms with Crippen LogP contribution in [0, 0.1) is 6.92 Å². The molecule has 0 spiro atoms. The number of benzene rings is 1. The summed E-state index contributed by atoms with van der Waals surface area (Å²) in [6, 6.07) is 7.25. The Balaban J connectivity index is 1.37. The van der Waals surface area contributed by atoms with E-state index in [2.05, 4.69) is 20.4 Å². The summed E-state index contributed by atoms with van der Waals surface area (Å²) >= 11 is 0. The Morgan fingerprint density at radius 3 is 2.97 bits per heavy atom. The molecule has 1 fully saturated rings. The van der Waals surface area contributed by atoms with Crippen molar-refractivity contribution in [1.29, 1.82) is 0 Å². The largest absolute Gasteiger partial charge is 0.389 e. The molecule has 0 saturated carbocycles. The van der Waals surface area contributed by atoms with E-state index in [9.17, 15) is 14.3 Å². The number of aldehydes is 1. The van der Waals surface area contributed by atoms with Crippen molar-refractivity contribution < 1.29 is 19.1 Å². The number of halogens is 1. The molecule has 0 bridgehead atoms. The average Bonchev–Trinajstić information content (AvgIpc) is 3.52. The minimum absolute atomic E-state index is 0.192. The number of hydroxylamine groups is 2. The summed E-state index contributed by atoms with van der Waals surface area (Å²) in [5.74, 6) is 0.950. The van der Waals surface area contributed by atoms with Gasteiger partial charge in [-0.15, -0.1) is 0 Å². The highest BCUT2D eigenvalue weighted by molar-refractivity contribution is 5.99. The Labute approximate surface area is 194 Å². The van der Waals surface area contributed by atoms with Gasteiger partial charge in [-0.2, -0.15) is 15.1 Å². The topological polar surface area (TPSA) is 110 Å². The van der Waals surface area contributed by atoms with Gasteiger partial charge in [0.2, 0.25) is 5.95 Å². The Morgan fingerprint density at radius 2 is 2.21 bits per heavy atom. The predicted octanol–water partition coefficient (Wildman–Crippen LogP) is 2.56. The maximum atomic E-state index is 12.8. The number of fused-ring (bicyclic) bond motifs is 1.